The molecule has 5 nitrogen and oxygen atoms in total. The van der Waals surface area contributed by atoms with Gasteiger partial charge in [-0.1, -0.05) is 31.3 Å². The normalized spacial score (nSPS) is 16.1. The van der Waals surface area contributed by atoms with Gasteiger partial charge in [0.25, 0.3) is 5.24 Å². The predicted octanol–water partition coefficient (Wildman–Crippen LogP) is 3.49. The van der Waals surface area contributed by atoms with Crippen molar-refractivity contribution in [3.8, 4) is 5.75 Å². The minimum absolute atomic E-state index is 0.164. The van der Waals surface area contributed by atoms with E-state index in [1.165, 1.54) is 12.0 Å². The van der Waals surface area contributed by atoms with E-state index in [9.17, 15) is 9.59 Å². The molecule has 1 aromatic rings. The van der Waals surface area contributed by atoms with Crippen LogP contribution in [0.2, 0.25) is 0 Å². The number of hydrogen-bond acceptors (Lipinski definition) is 6. The number of benzene rings is 1. The number of hydrogen-bond donors (Lipinski definition) is 0. The number of thioether (sulfide) groups is 1. The molecule has 0 N–H and O–H groups in total. The van der Waals surface area contributed by atoms with Gasteiger partial charge in [-0.15, -0.1) is 0 Å². The van der Waals surface area contributed by atoms with E-state index in [-0.39, 0.29) is 11.8 Å². The molecule has 0 radical (unpaired) electrons. The van der Waals surface area contributed by atoms with Gasteiger partial charge in [0.05, 0.1) is 18.6 Å². The molecule has 0 aromatic heterocycles. The first-order valence-corrected chi connectivity index (χ1v) is 8.32. The average molecular weight is 351 g/mol. The fourth-order valence-corrected chi connectivity index (χ4v) is 3.10. The Kier molecular flexibility index (Phi) is 6.18. The first-order chi connectivity index (χ1) is 11.0. The molecule has 0 unspecified atom stereocenters. The lowest BCUT2D eigenvalue weighted by Gasteiger charge is -2.12. The van der Waals surface area contributed by atoms with Crippen LogP contribution in [-0.4, -0.2) is 41.4 Å². The van der Waals surface area contributed by atoms with Gasteiger partial charge in [0.15, 0.2) is 0 Å². The van der Waals surface area contributed by atoms with Crippen molar-refractivity contribution in [2.45, 2.75) is 13.3 Å². The number of amides is 1. The standard InChI is InChI=1S/C16H17NO4S2/c1-3-8-21-12-6-4-11(5-7-12)9-13-15(22)17(16(19)23-13)10-14(18)20-2/h4-7,9H,3,8,10H2,1-2H3. The summed E-state index contributed by atoms with van der Waals surface area (Å²) in [6.07, 6.45) is 2.78. The Bertz CT molecular complexity index is 640. The van der Waals surface area contributed by atoms with Crippen LogP contribution >= 0.6 is 24.0 Å². The average Bonchev–Trinajstić information content (AvgIpc) is 2.81. The molecule has 0 spiro atoms. The second kappa shape index (κ2) is 8.12. The van der Waals surface area contributed by atoms with Crippen LogP contribution in [0.4, 0.5) is 4.79 Å². The third-order valence-corrected chi connectivity index (χ3v) is 4.53. The van der Waals surface area contributed by atoms with Crippen molar-refractivity contribution in [2.75, 3.05) is 20.3 Å². The van der Waals surface area contributed by atoms with Crippen LogP contribution in [0.1, 0.15) is 18.9 Å². The second-order valence-electron chi connectivity index (χ2n) is 4.76. The third kappa shape index (κ3) is 4.56. The molecule has 1 aromatic carbocycles. The predicted molar refractivity (Wildman–Crippen MR) is 94.5 cm³/mol. The summed E-state index contributed by atoms with van der Waals surface area (Å²) in [5.74, 6) is 0.305. The maximum atomic E-state index is 11.9. The number of esters is 1. The Labute approximate surface area is 144 Å². The highest BCUT2D eigenvalue weighted by atomic mass is 32.2. The summed E-state index contributed by atoms with van der Waals surface area (Å²) in [4.78, 5) is 25.5. The summed E-state index contributed by atoms with van der Waals surface area (Å²) in [7, 11) is 1.28. The SMILES string of the molecule is CCCOc1ccc(C=C2SC(=O)N(CC(=O)OC)C2=S)cc1. The van der Waals surface area contributed by atoms with Crippen LogP contribution in [0.3, 0.4) is 0 Å². The van der Waals surface area contributed by atoms with Gasteiger partial charge in [0.1, 0.15) is 17.3 Å². The van der Waals surface area contributed by atoms with Crippen LogP contribution in [-0.2, 0) is 9.53 Å². The number of carbonyl (C=O) groups is 2. The van der Waals surface area contributed by atoms with Gasteiger partial charge in [-0.3, -0.25) is 14.5 Å². The van der Waals surface area contributed by atoms with E-state index in [0.29, 0.717) is 16.5 Å². The van der Waals surface area contributed by atoms with Gasteiger partial charge in [-0.05, 0) is 42.0 Å². The summed E-state index contributed by atoms with van der Waals surface area (Å²) in [5, 5.41) is -0.269. The van der Waals surface area contributed by atoms with Gasteiger partial charge >= 0.3 is 5.97 Å². The smallest absolute Gasteiger partial charge is 0.325 e. The van der Waals surface area contributed by atoms with Crippen molar-refractivity contribution in [3.63, 3.8) is 0 Å². The fraction of sp³-hybridized carbons (Fsp3) is 0.312. The monoisotopic (exact) mass is 351 g/mol. The number of rotatable bonds is 6. The van der Waals surface area contributed by atoms with Gasteiger partial charge in [-0.2, -0.15) is 0 Å². The van der Waals surface area contributed by atoms with Crippen LogP contribution in [0.15, 0.2) is 29.2 Å². The van der Waals surface area contributed by atoms with Gasteiger partial charge in [-0.25, -0.2) is 0 Å². The molecule has 1 fully saturated rings. The molecule has 7 heteroatoms. The highest BCUT2D eigenvalue weighted by molar-refractivity contribution is 8.19. The number of thiocarbonyl (C=S) groups is 1. The summed E-state index contributed by atoms with van der Waals surface area (Å²) in [6, 6.07) is 7.54. The maximum Gasteiger partial charge on any atom is 0.325 e. The highest BCUT2D eigenvalue weighted by Crippen LogP contribution is 2.33. The molecule has 0 bridgehead atoms. The number of carbonyl (C=O) groups excluding carboxylic acids is 2. The Hall–Kier alpha value is -1.86. The first-order valence-electron chi connectivity index (χ1n) is 7.10. The largest absolute Gasteiger partial charge is 0.494 e. The lowest BCUT2D eigenvalue weighted by atomic mass is 10.2. The van der Waals surface area contributed by atoms with E-state index in [2.05, 4.69) is 4.74 Å². The molecule has 2 rings (SSSR count). The van der Waals surface area contributed by atoms with Crippen LogP contribution < -0.4 is 4.74 Å². The van der Waals surface area contributed by atoms with Gasteiger partial charge in [0, 0.05) is 0 Å². The Morgan fingerprint density at radius 2 is 2.04 bits per heavy atom. The topological polar surface area (TPSA) is 55.8 Å². The van der Waals surface area contributed by atoms with Crippen LogP contribution in [0.25, 0.3) is 6.08 Å². The Morgan fingerprint density at radius 1 is 1.35 bits per heavy atom. The molecule has 122 valence electrons. The second-order valence-corrected chi connectivity index (χ2v) is 6.14. The molecule has 0 atom stereocenters. The molecule has 23 heavy (non-hydrogen) atoms. The molecule has 1 saturated heterocycles. The van der Waals surface area contributed by atoms with Crippen molar-refractivity contribution in [1.29, 1.82) is 0 Å². The summed E-state index contributed by atoms with van der Waals surface area (Å²) in [6.45, 7) is 2.56. The van der Waals surface area contributed by atoms with E-state index in [4.69, 9.17) is 17.0 Å². The van der Waals surface area contributed by atoms with Crippen molar-refractivity contribution in [3.05, 3.63) is 34.7 Å². The molecule has 1 heterocycles. The van der Waals surface area contributed by atoms with Gasteiger partial charge < -0.3 is 9.47 Å². The molecule has 1 aliphatic heterocycles. The quantitative estimate of drug-likeness (QED) is 0.444. The molecule has 0 saturated carbocycles. The van der Waals surface area contributed by atoms with Crippen LogP contribution in [0, 0.1) is 0 Å². The molecule has 1 amide bonds. The molecular weight excluding hydrogens is 334 g/mol. The molecule has 0 aliphatic carbocycles. The zero-order valence-electron chi connectivity index (χ0n) is 12.9. The first kappa shape index (κ1) is 17.5. The fourth-order valence-electron chi connectivity index (χ4n) is 1.86. The van der Waals surface area contributed by atoms with E-state index in [1.54, 1.807) is 0 Å². The van der Waals surface area contributed by atoms with E-state index < -0.39 is 5.97 Å². The molecule has 1 aliphatic rings. The van der Waals surface area contributed by atoms with Crippen molar-refractivity contribution >= 4 is 46.3 Å². The van der Waals surface area contributed by atoms with E-state index >= 15 is 0 Å². The molecular formula is C16H17NO4S2. The zero-order valence-corrected chi connectivity index (χ0v) is 14.5. The summed E-state index contributed by atoms with van der Waals surface area (Å²) in [5.41, 5.74) is 0.909. The highest BCUT2D eigenvalue weighted by Gasteiger charge is 2.33. The van der Waals surface area contributed by atoms with Gasteiger partial charge in [0.2, 0.25) is 0 Å². The lowest BCUT2D eigenvalue weighted by molar-refractivity contribution is -0.140. The number of nitrogens with zero attached hydrogens (tertiary/aromatic N) is 1. The lowest BCUT2D eigenvalue weighted by Crippen LogP contribution is -2.33. The Morgan fingerprint density at radius 3 is 2.65 bits per heavy atom. The summed E-state index contributed by atoms with van der Waals surface area (Å²) >= 11 is 6.29. The van der Waals surface area contributed by atoms with Crippen molar-refractivity contribution in [2.24, 2.45) is 0 Å². The third-order valence-electron chi connectivity index (χ3n) is 3.04. The van der Waals surface area contributed by atoms with Crippen molar-refractivity contribution in [1.82, 2.24) is 4.90 Å². The van der Waals surface area contributed by atoms with Crippen LogP contribution in [0.5, 0.6) is 5.75 Å². The number of ether oxygens (including phenoxy) is 2. The Balaban J connectivity index is 2.09. The zero-order chi connectivity index (χ0) is 16.8. The van der Waals surface area contributed by atoms with E-state index in [0.717, 1.165) is 29.5 Å². The van der Waals surface area contributed by atoms with Crippen molar-refractivity contribution < 1.29 is 19.1 Å². The number of methoxy groups -OCH3 is 1. The minimum Gasteiger partial charge on any atom is -0.494 e. The minimum atomic E-state index is -0.500. The van der Waals surface area contributed by atoms with E-state index in [1.807, 2.05) is 37.3 Å². The maximum absolute atomic E-state index is 11.9. The summed E-state index contributed by atoms with van der Waals surface area (Å²) < 4.78 is 10.1.